The van der Waals surface area contributed by atoms with E-state index in [1.807, 2.05) is 0 Å². The molecule has 2 aromatic rings. The fraction of sp³-hybridized carbons (Fsp3) is 0.158. The Morgan fingerprint density at radius 1 is 1.04 bits per heavy atom. The van der Waals surface area contributed by atoms with Gasteiger partial charge in [0, 0.05) is 11.8 Å². The Morgan fingerprint density at radius 3 is 2.26 bits per heavy atom. The third-order valence-electron chi connectivity index (χ3n) is 3.24. The van der Waals surface area contributed by atoms with Crippen molar-refractivity contribution < 1.29 is 32.6 Å². The van der Waals surface area contributed by atoms with Gasteiger partial charge in [-0.3, -0.25) is 4.79 Å². The van der Waals surface area contributed by atoms with E-state index in [1.165, 1.54) is 37.5 Å². The highest BCUT2D eigenvalue weighted by molar-refractivity contribution is 5.94. The van der Waals surface area contributed by atoms with Crippen LogP contribution in [0.2, 0.25) is 0 Å². The molecular formula is C19H17F2NO5. The van der Waals surface area contributed by atoms with Crippen molar-refractivity contribution in [1.29, 1.82) is 0 Å². The minimum Gasteiger partial charge on any atom is -0.497 e. The molecule has 0 aromatic heterocycles. The van der Waals surface area contributed by atoms with Crippen LogP contribution in [0.5, 0.6) is 11.5 Å². The number of esters is 1. The molecular weight excluding hydrogens is 360 g/mol. The molecule has 0 aliphatic carbocycles. The number of hydrogen-bond acceptors (Lipinski definition) is 5. The lowest BCUT2D eigenvalue weighted by Gasteiger charge is -2.06. The van der Waals surface area contributed by atoms with Gasteiger partial charge in [-0.15, -0.1) is 0 Å². The average Bonchev–Trinajstić information content (AvgIpc) is 2.66. The van der Waals surface area contributed by atoms with E-state index in [4.69, 9.17) is 9.47 Å². The van der Waals surface area contributed by atoms with Crippen LogP contribution in [-0.2, 0) is 14.3 Å². The zero-order chi connectivity index (χ0) is 19.6. The zero-order valence-electron chi connectivity index (χ0n) is 14.4. The first-order valence-corrected chi connectivity index (χ1v) is 7.80. The van der Waals surface area contributed by atoms with Crippen molar-refractivity contribution in [3.05, 3.63) is 60.2 Å². The van der Waals surface area contributed by atoms with Gasteiger partial charge in [-0.05, 0) is 48.0 Å². The van der Waals surface area contributed by atoms with Crippen molar-refractivity contribution in [1.82, 2.24) is 0 Å². The van der Waals surface area contributed by atoms with Crippen LogP contribution in [0.15, 0.2) is 54.6 Å². The number of benzene rings is 2. The molecule has 27 heavy (non-hydrogen) atoms. The van der Waals surface area contributed by atoms with Gasteiger partial charge in [0.05, 0.1) is 7.11 Å². The summed E-state index contributed by atoms with van der Waals surface area (Å²) in [4.78, 5) is 23.4. The minimum absolute atomic E-state index is 0.0138. The summed E-state index contributed by atoms with van der Waals surface area (Å²) in [6, 6.07) is 12.4. The summed E-state index contributed by atoms with van der Waals surface area (Å²) >= 11 is 0. The lowest BCUT2D eigenvalue weighted by Crippen LogP contribution is -2.20. The number of methoxy groups -OCH3 is 1. The van der Waals surface area contributed by atoms with Gasteiger partial charge in [0.2, 0.25) is 0 Å². The lowest BCUT2D eigenvalue weighted by molar-refractivity contribution is -0.142. The second-order valence-corrected chi connectivity index (χ2v) is 5.17. The summed E-state index contributed by atoms with van der Waals surface area (Å²) in [5.74, 6) is -0.540. The standard InChI is InChI=1S/C19H17F2NO5/c1-25-15-9-5-14(6-10-15)22-17(23)12-26-18(24)11-4-13-2-7-16(8-3-13)27-19(20)21/h2-11,19H,12H2,1H3,(H,22,23)/b11-4+. The van der Waals surface area contributed by atoms with E-state index in [1.54, 1.807) is 24.3 Å². The Balaban J connectivity index is 1.77. The third-order valence-corrected chi connectivity index (χ3v) is 3.24. The second-order valence-electron chi connectivity index (χ2n) is 5.17. The number of hydrogen-bond donors (Lipinski definition) is 1. The fourth-order valence-electron chi connectivity index (χ4n) is 1.98. The van der Waals surface area contributed by atoms with Crippen LogP contribution in [0.3, 0.4) is 0 Å². The smallest absolute Gasteiger partial charge is 0.387 e. The van der Waals surface area contributed by atoms with Crippen molar-refractivity contribution in [3.63, 3.8) is 0 Å². The molecule has 6 nitrogen and oxygen atoms in total. The van der Waals surface area contributed by atoms with E-state index in [0.29, 0.717) is 17.0 Å². The highest BCUT2D eigenvalue weighted by Crippen LogP contribution is 2.16. The van der Waals surface area contributed by atoms with Crippen molar-refractivity contribution >= 4 is 23.6 Å². The molecule has 0 saturated heterocycles. The maximum absolute atomic E-state index is 12.1. The first-order valence-electron chi connectivity index (χ1n) is 7.80. The summed E-state index contributed by atoms with van der Waals surface area (Å²) in [5.41, 5.74) is 1.12. The Hall–Kier alpha value is -3.42. The van der Waals surface area contributed by atoms with Crippen LogP contribution in [-0.4, -0.2) is 32.2 Å². The molecule has 0 heterocycles. The van der Waals surface area contributed by atoms with E-state index >= 15 is 0 Å². The molecule has 0 saturated carbocycles. The second kappa shape index (κ2) is 9.91. The normalized spacial score (nSPS) is 10.7. The summed E-state index contributed by atoms with van der Waals surface area (Å²) < 4.78 is 38.2. The van der Waals surface area contributed by atoms with Gasteiger partial charge in [-0.25, -0.2) is 4.79 Å². The fourth-order valence-corrected chi connectivity index (χ4v) is 1.98. The van der Waals surface area contributed by atoms with Gasteiger partial charge >= 0.3 is 12.6 Å². The van der Waals surface area contributed by atoms with Crippen LogP contribution in [0.4, 0.5) is 14.5 Å². The van der Waals surface area contributed by atoms with Gasteiger partial charge in [0.25, 0.3) is 5.91 Å². The van der Waals surface area contributed by atoms with Gasteiger partial charge in [0.15, 0.2) is 6.61 Å². The molecule has 2 aromatic carbocycles. The number of halogens is 2. The number of amides is 1. The van der Waals surface area contributed by atoms with Gasteiger partial charge in [0.1, 0.15) is 11.5 Å². The monoisotopic (exact) mass is 377 g/mol. The summed E-state index contributed by atoms with van der Waals surface area (Å²) in [6.07, 6.45) is 2.56. The van der Waals surface area contributed by atoms with E-state index in [2.05, 4.69) is 10.1 Å². The SMILES string of the molecule is COc1ccc(NC(=O)COC(=O)/C=C/c2ccc(OC(F)F)cc2)cc1. The van der Waals surface area contributed by atoms with Crippen LogP contribution >= 0.6 is 0 Å². The summed E-state index contributed by atoms with van der Waals surface area (Å²) in [6.45, 7) is -3.35. The van der Waals surface area contributed by atoms with Gasteiger partial charge < -0.3 is 19.5 Å². The van der Waals surface area contributed by atoms with Crippen molar-refractivity contribution in [2.45, 2.75) is 6.61 Å². The van der Waals surface area contributed by atoms with E-state index in [9.17, 15) is 18.4 Å². The Bertz CT molecular complexity index is 789. The molecule has 0 atom stereocenters. The number of anilines is 1. The molecule has 0 unspecified atom stereocenters. The van der Waals surface area contributed by atoms with Crippen LogP contribution in [0.25, 0.3) is 6.08 Å². The van der Waals surface area contributed by atoms with Crippen molar-refractivity contribution in [3.8, 4) is 11.5 Å². The molecule has 0 aliphatic heterocycles. The van der Waals surface area contributed by atoms with Crippen LogP contribution in [0, 0.1) is 0 Å². The largest absolute Gasteiger partial charge is 0.497 e. The van der Waals surface area contributed by atoms with Gasteiger partial charge in [-0.1, -0.05) is 12.1 Å². The van der Waals surface area contributed by atoms with Gasteiger partial charge in [-0.2, -0.15) is 8.78 Å². The Kier molecular flexibility index (Phi) is 7.30. The summed E-state index contributed by atoms with van der Waals surface area (Å²) in [7, 11) is 1.53. The number of ether oxygens (including phenoxy) is 3. The Labute approximate surface area is 154 Å². The van der Waals surface area contributed by atoms with Crippen LogP contribution < -0.4 is 14.8 Å². The van der Waals surface area contributed by atoms with E-state index < -0.39 is 25.1 Å². The highest BCUT2D eigenvalue weighted by Gasteiger charge is 2.06. The number of carbonyl (C=O) groups is 2. The number of nitrogens with one attached hydrogen (secondary N) is 1. The molecule has 0 fully saturated rings. The molecule has 0 aliphatic rings. The van der Waals surface area contributed by atoms with Crippen LogP contribution in [0.1, 0.15) is 5.56 Å². The quantitative estimate of drug-likeness (QED) is 0.563. The van der Waals surface area contributed by atoms with Crippen molar-refractivity contribution in [2.24, 2.45) is 0 Å². The minimum atomic E-state index is -2.90. The van der Waals surface area contributed by atoms with E-state index in [-0.39, 0.29) is 5.75 Å². The molecule has 8 heteroatoms. The number of carbonyl (C=O) groups excluding carboxylic acids is 2. The predicted octanol–water partition coefficient (Wildman–Crippen LogP) is 3.49. The number of alkyl halides is 2. The first-order chi connectivity index (χ1) is 13.0. The topological polar surface area (TPSA) is 73.9 Å². The van der Waals surface area contributed by atoms with E-state index in [0.717, 1.165) is 6.08 Å². The number of rotatable bonds is 8. The predicted molar refractivity (Wildman–Crippen MR) is 94.7 cm³/mol. The first kappa shape index (κ1) is 19.9. The zero-order valence-corrected chi connectivity index (χ0v) is 14.4. The molecule has 0 spiro atoms. The van der Waals surface area contributed by atoms with Crippen molar-refractivity contribution in [2.75, 3.05) is 19.0 Å². The lowest BCUT2D eigenvalue weighted by atomic mass is 10.2. The highest BCUT2D eigenvalue weighted by atomic mass is 19.3. The molecule has 1 amide bonds. The molecule has 2 rings (SSSR count). The molecule has 0 bridgehead atoms. The molecule has 1 N–H and O–H groups in total. The third kappa shape index (κ3) is 7.15. The molecule has 0 radical (unpaired) electrons. The maximum atomic E-state index is 12.1. The maximum Gasteiger partial charge on any atom is 0.387 e. The summed E-state index contributed by atoms with van der Waals surface area (Å²) in [5, 5.41) is 2.57. The Morgan fingerprint density at radius 2 is 1.67 bits per heavy atom. The molecule has 142 valence electrons. The average molecular weight is 377 g/mol.